The quantitative estimate of drug-likeness (QED) is 0.877. The number of nitrogens with zero attached hydrogens (tertiary/aromatic N) is 1. The van der Waals surface area contributed by atoms with Crippen LogP contribution in [0.2, 0.25) is 0 Å². The van der Waals surface area contributed by atoms with Crippen molar-refractivity contribution in [3.05, 3.63) is 35.9 Å². The molecule has 2 heteroatoms. The molecule has 2 nitrogen and oxygen atoms in total. The van der Waals surface area contributed by atoms with Gasteiger partial charge >= 0.3 is 0 Å². The van der Waals surface area contributed by atoms with Crippen LogP contribution >= 0.6 is 0 Å². The fourth-order valence-electron chi connectivity index (χ4n) is 3.36. The van der Waals surface area contributed by atoms with Crippen LogP contribution in [0.5, 0.6) is 0 Å². The standard InChI is InChI=1S/C18H30N2/c1-5-9-15(2)13-20-14-18(3,4)19-12-17(20)16-10-7-6-8-11-16/h6-8,10-11,15,17,19H,5,9,12-14H2,1-4H3. The minimum absolute atomic E-state index is 0.219. The van der Waals surface area contributed by atoms with Crippen LogP contribution in [-0.2, 0) is 0 Å². The molecule has 1 aliphatic rings. The van der Waals surface area contributed by atoms with Crippen LogP contribution in [0.4, 0.5) is 0 Å². The van der Waals surface area contributed by atoms with Crippen molar-refractivity contribution < 1.29 is 0 Å². The number of piperazine rings is 1. The van der Waals surface area contributed by atoms with E-state index in [1.54, 1.807) is 0 Å². The summed E-state index contributed by atoms with van der Waals surface area (Å²) in [4.78, 5) is 2.69. The molecule has 0 aliphatic carbocycles. The largest absolute Gasteiger partial charge is 0.309 e. The molecule has 0 bridgehead atoms. The molecule has 1 saturated heterocycles. The highest BCUT2D eigenvalue weighted by Crippen LogP contribution is 2.28. The average Bonchev–Trinajstić information content (AvgIpc) is 2.39. The van der Waals surface area contributed by atoms with Crippen LogP contribution < -0.4 is 5.32 Å². The molecule has 0 aromatic heterocycles. The van der Waals surface area contributed by atoms with Gasteiger partial charge in [0.25, 0.3) is 0 Å². The summed E-state index contributed by atoms with van der Waals surface area (Å²) in [7, 11) is 0. The third kappa shape index (κ3) is 4.07. The predicted molar refractivity (Wildman–Crippen MR) is 86.9 cm³/mol. The first-order chi connectivity index (χ1) is 9.52. The van der Waals surface area contributed by atoms with E-state index in [9.17, 15) is 0 Å². The van der Waals surface area contributed by atoms with Gasteiger partial charge < -0.3 is 5.32 Å². The van der Waals surface area contributed by atoms with Crippen molar-refractivity contribution >= 4 is 0 Å². The van der Waals surface area contributed by atoms with Crippen LogP contribution in [0.25, 0.3) is 0 Å². The van der Waals surface area contributed by atoms with Crippen LogP contribution in [0, 0.1) is 5.92 Å². The van der Waals surface area contributed by atoms with Crippen molar-refractivity contribution in [2.24, 2.45) is 5.92 Å². The maximum atomic E-state index is 3.70. The molecule has 1 N–H and O–H groups in total. The van der Waals surface area contributed by atoms with Crippen LogP contribution in [0.1, 0.15) is 52.1 Å². The highest BCUT2D eigenvalue weighted by Gasteiger charge is 2.33. The van der Waals surface area contributed by atoms with E-state index in [1.807, 2.05) is 0 Å². The van der Waals surface area contributed by atoms with Gasteiger partial charge in [-0.15, -0.1) is 0 Å². The Labute approximate surface area is 124 Å². The zero-order valence-electron chi connectivity index (χ0n) is 13.5. The Balaban J connectivity index is 2.12. The van der Waals surface area contributed by atoms with Gasteiger partial charge in [0.15, 0.2) is 0 Å². The highest BCUT2D eigenvalue weighted by molar-refractivity contribution is 5.20. The molecule has 2 rings (SSSR count). The number of hydrogen-bond acceptors (Lipinski definition) is 2. The highest BCUT2D eigenvalue weighted by atomic mass is 15.2. The van der Waals surface area contributed by atoms with E-state index in [4.69, 9.17) is 0 Å². The average molecular weight is 274 g/mol. The zero-order valence-corrected chi connectivity index (χ0v) is 13.5. The first kappa shape index (κ1) is 15.5. The van der Waals surface area contributed by atoms with Crippen molar-refractivity contribution in [1.82, 2.24) is 10.2 Å². The normalized spacial score (nSPS) is 24.5. The number of rotatable bonds is 5. The monoisotopic (exact) mass is 274 g/mol. The molecule has 0 saturated carbocycles. The van der Waals surface area contributed by atoms with E-state index in [1.165, 1.54) is 24.9 Å². The second-order valence-electron chi connectivity index (χ2n) is 7.01. The third-order valence-corrected chi connectivity index (χ3v) is 4.33. The van der Waals surface area contributed by atoms with Gasteiger partial charge in [-0.3, -0.25) is 4.90 Å². The first-order valence-electron chi connectivity index (χ1n) is 8.06. The Morgan fingerprint density at radius 2 is 2.00 bits per heavy atom. The van der Waals surface area contributed by atoms with E-state index >= 15 is 0 Å². The zero-order chi connectivity index (χ0) is 14.6. The molecule has 0 radical (unpaired) electrons. The third-order valence-electron chi connectivity index (χ3n) is 4.33. The van der Waals surface area contributed by atoms with Crippen molar-refractivity contribution in [1.29, 1.82) is 0 Å². The van der Waals surface area contributed by atoms with E-state index < -0.39 is 0 Å². The van der Waals surface area contributed by atoms with Gasteiger partial charge in [0.1, 0.15) is 0 Å². The SMILES string of the molecule is CCCC(C)CN1CC(C)(C)NCC1c1ccccc1. The van der Waals surface area contributed by atoms with Crippen molar-refractivity contribution in [2.45, 2.75) is 52.1 Å². The second-order valence-corrected chi connectivity index (χ2v) is 7.01. The first-order valence-corrected chi connectivity index (χ1v) is 8.06. The summed E-state index contributed by atoms with van der Waals surface area (Å²) in [6.45, 7) is 12.7. The van der Waals surface area contributed by atoms with E-state index in [0.717, 1.165) is 19.0 Å². The molecule has 112 valence electrons. The topological polar surface area (TPSA) is 15.3 Å². The Morgan fingerprint density at radius 1 is 1.30 bits per heavy atom. The lowest BCUT2D eigenvalue weighted by molar-refractivity contribution is 0.0797. The lowest BCUT2D eigenvalue weighted by Crippen LogP contribution is -2.58. The molecule has 20 heavy (non-hydrogen) atoms. The fraction of sp³-hybridized carbons (Fsp3) is 0.667. The van der Waals surface area contributed by atoms with Gasteiger partial charge in [-0.1, -0.05) is 50.6 Å². The summed E-state index contributed by atoms with van der Waals surface area (Å²) in [6.07, 6.45) is 2.61. The molecule has 0 spiro atoms. The summed E-state index contributed by atoms with van der Waals surface area (Å²) in [5, 5.41) is 3.70. The summed E-state index contributed by atoms with van der Waals surface area (Å²) >= 11 is 0. The number of benzene rings is 1. The second kappa shape index (κ2) is 6.73. The molecule has 1 fully saturated rings. The summed E-state index contributed by atoms with van der Waals surface area (Å²) in [5.74, 6) is 0.778. The lowest BCUT2D eigenvalue weighted by Gasteiger charge is -2.45. The summed E-state index contributed by atoms with van der Waals surface area (Å²) < 4.78 is 0. The van der Waals surface area contributed by atoms with Crippen molar-refractivity contribution in [2.75, 3.05) is 19.6 Å². The predicted octanol–water partition coefficient (Wildman–Crippen LogP) is 3.85. The van der Waals surface area contributed by atoms with Gasteiger partial charge in [-0.2, -0.15) is 0 Å². The molecule has 1 aromatic rings. The number of hydrogen-bond donors (Lipinski definition) is 1. The van der Waals surface area contributed by atoms with Gasteiger partial charge in [0.05, 0.1) is 0 Å². The smallest absolute Gasteiger partial charge is 0.0473 e. The van der Waals surface area contributed by atoms with Crippen LogP contribution in [0.3, 0.4) is 0 Å². The van der Waals surface area contributed by atoms with Crippen LogP contribution in [-0.4, -0.2) is 30.1 Å². The Bertz CT molecular complexity index is 399. The van der Waals surface area contributed by atoms with E-state index in [2.05, 4.69) is 68.2 Å². The van der Waals surface area contributed by atoms with Gasteiger partial charge in [-0.25, -0.2) is 0 Å². The molecule has 0 amide bonds. The molecular formula is C18H30N2. The van der Waals surface area contributed by atoms with Gasteiger partial charge in [0, 0.05) is 31.2 Å². The fourth-order valence-corrected chi connectivity index (χ4v) is 3.36. The maximum absolute atomic E-state index is 3.70. The molecule has 2 unspecified atom stereocenters. The van der Waals surface area contributed by atoms with Crippen LogP contribution in [0.15, 0.2) is 30.3 Å². The van der Waals surface area contributed by atoms with Crippen molar-refractivity contribution in [3.8, 4) is 0 Å². The van der Waals surface area contributed by atoms with Crippen molar-refractivity contribution in [3.63, 3.8) is 0 Å². The maximum Gasteiger partial charge on any atom is 0.0473 e. The lowest BCUT2D eigenvalue weighted by atomic mass is 9.93. The van der Waals surface area contributed by atoms with E-state index in [0.29, 0.717) is 6.04 Å². The van der Waals surface area contributed by atoms with Gasteiger partial charge in [-0.05, 0) is 31.7 Å². The molecule has 1 aromatic carbocycles. The molecule has 1 aliphatic heterocycles. The molecule has 1 heterocycles. The summed E-state index contributed by atoms with van der Waals surface area (Å²) in [5.41, 5.74) is 1.66. The Morgan fingerprint density at radius 3 is 2.65 bits per heavy atom. The molecule has 2 atom stereocenters. The van der Waals surface area contributed by atoms with Gasteiger partial charge in [0.2, 0.25) is 0 Å². The minimum atomic E-state index is 0.219. The summed E-state index contributed by atoms with van der Waals surface area (Å²) in [6, 6.07) is 11.5. The minimum Gasteiger partial charge on any atom is -0.309 e. The Kier molecular flexibility index (Phi) is 5.22. The Hall–Kier alpha value is -0.860. The van der Waals surface area contributed by atoms with E-state index in [-0.39, 0.29) is 5.54 Å². The number of nitrogens with one attached hydrogen (secondary N) is 1. The molecular weight excluding hydrogens is 244 g/mol.